The van der Waals surface area contributed by atoms with Gasteiger partial charge in [0.15, 0.2) is 0 Å². The van der Waals surface area contributed by atoms with Crippen molar-refractivity contribution in [2.75, 3.05) is 16.8 Å². The predicted molar refractivity (Wildman–Crippen MR) is 101 cm³/mol. The molecule has 0 spiro atoms. The van der Waals surface area contributed by atoms with E-state index in [-0.39, 0.29) is 11.1 Å². The Labute approximate surface area is 153 Å². The Bertz CT molecular complexity index is 913. The molecule has 1 aromatic heterocycles. The van der Waals surface area contributed by atoms with Gasteiger partial charge in [0, 0.05) is 11.4 Å². The first kappa shape index (κ1) is 16.4. The molecular formula is C18H15ClFN3OS. The van der Waals surface area contributed by atoms with E-state index in [9.17, 15) is 4.39 Å². The third-order valence-corrected chi connectivity index (χ3v) is 5.41. The second-order valence-corrected chi connectivity index (χ2v) is 7.29. The van der Waals surface area contributed by atoms with Gasteiger partial charge in [-0.05, 0) is 42.5 Å². The molecule has 2 aromatic carbocycles. The summed E-state index contributed by atoms with van der Waals surface area (Å²) in [6.07, 6.45) is 2.72. The number of nitrogens with zero attached hydrogens (tertiary/aromatic N) is 2. The number of aromatic nitrogens is 2. The monoisotopic (exact) mass is 375 g/mol. The van der Waals surface area contributed by atoms with Gasteiger partial charge in [0.2, 0.25) is 0 Å². The molecule has 1 saturated heterocycles. The molecule has 0 aliphatic carbocycles. The van der Waals surface area contributed by atoms with E-state index in [0.717, 1.165) is 34.6 Å². The van der Waals surface area contributed by atoms with Gasteiger partial charge in [-0.1, -0.05) is 17.7 Å². The number of hydrogen-bond acceptors (Lipinski definition) is 5. The van der Waals surface area contributed by atoms with Crippen molar-refractivity contribution in [1.29, 1.82) is 0 Å². The maximum atomic E-state index is 13.4. The maximum absolute atomic E-state index is 13.4. The van der Waals surface area contributed by atoms with Gasteiger partial charge >= 0.3 is 0 Å². The minimum atomic E-state index is -0.456. The van der Waals surface area contributed by atoms with Crippen molar-refractivity contribution in [3.63, 3.8) is 0 Å². The number of ether oxygens (including phenoxy) is 1. The molecule has 1 atom stereocenters. The summed E-state index contributed by atoms with van der Waals surface area (Å²) in [4.78, 5) is 8.67. The van der Waals surface area contributed by atoms with Crippen molar-refractivity contribution in [3.8, 4) is 5.75 Å². The van der Waals surface area contributed by atoms with Crippen molar-refractivity contribution in [1.82, 2.24) is 9.97 Å². The lowest BCUT2D eigenvalue weighted by molar-refractivity contribution is 0.232. The number of anilines is 2. The molecule has 4 nitrogen and oxygen atoms in total. The van der Waals surface area contributed by atoms with Crippen LogP contribution in [0, 0.1) is 5.82 Å². The Morgan fingerprint density at radius 2 is 2.16 bits per heavy atom. The van der Waals surface area contributed by atoms with E-state index in [0.29, 0.717) is 11.5 Å². The molecule has 25 heavy (non-hydrogen) atoms. The largest absolute Gasteiger partial charge is 0.489 e. The van der Waals surface area contributed by atoms with E-state index < -0.39 is 5.82 Å². The van der Waals surface area contributed by atoms with Crippen LogP contribution in [0.4, 0.5) is 15.9 Å². The molecule has 1 N–H and O–H groups in total. The topological polar surface area (TPSA) is 47.0 Å². The summed E-state index contributed by atoms with van der Waals surface area (Å²) in [6.45, 7) is 0. The fourth-order valence-electron chi connectivity index (χ4n) is 2.77. The molecule has 4 rings (SSSR count). The molecule has 0 saturated carbocycles. The average Bonchev–Trinajstić information content (AvgIpc) is 3.12. The van der Waals surface area contributed by atoms with Crippen LogP contribution in [-0.2, 0) is 0 Å². The van der Waals surface area contributed by atoms with Gasteiger partial charge in [-0.25, -0.2) is 14.4 Å². The van der Waals surface area contributed by atoms with Crippen LogP contribution in [0.25, 0.3) is 10.9 Å². The lowest BCUT2D eigenvalue weighted by Crippen LogP contribution is -2.15. The molecular weight excluding hydrogens is 361 g/mol. The van der Waals surface area contributed by atoms with Crippen LogP contribution in [0.15, 0.2) is 42.7 Å². The number of benzene rings is 2. The van der Waals surface area contributed by atoms with Crippen molar-refractivity contribution in [3.05, 3.63) is 53.6 Å². The normalized spacial score (nSPS) is 17.0. The van der Waals surface area contributed by atoms with Gasteiger partial charge in [-0.3, -0.25) is 0 Å². The summed E-state index contributed by atoms with van der Waals surface area (Å²) in [5.41, 5.74) is 1.44. The van der Waals surface area contributed by atoms with Crippen LogP contribution in [-0.4, -0.2) is 27.6 Å². The Hall–Kier alpha value is -2.05. The average molecular weight is 376 g/mol. The SMILES string of the molecule is Fc1ccc(Nc2ncnc3cccc(OC4CCSC4)c23)cc1Cl. The quantitative estimate of drug-likeness (QED) is 0.691. The minimum absolute atomic E-state index is 0.0582. The zero-order chi connectivity index (χ0) is 17.2. The zero-order valence-corrected chi connectivity index (χ0v) is 14.8. The van der Waals surface area contributed by atoms with E-state index >= 15 is 0 Å². The first-order chi connectivity index (χ1) is 12.2. The number of hydrogen-bond donors (Lipinski definition) is 1. The Morgan fingerprint density at radius 1 is 1.24 bits per heavy atom. The summed E-state index contributed by atoms with van der Waals surface area (Å²) in [5, 5.41) is 4.06. The molecule has 2 heterocycles. The van der Waals surface area contributed by atoms with Crippen LogP contribution < -0.4 is 10.1 Å². The highest BCUT2D eigenvalue weighted by Crippen LogP contribution is 2.34. The maximum Gasteiger partial charge on any atom is 0.145 e. The summed E-state index contributed by atoms with van der Waals surface area (Å²) in [7, 11) is 0. The zero-order valence-electron chi connectivity index (χ0n) is 13.2. The number of thioether (sulfide) groups is 1. The van der Waals surface area contributed by atoms with Crippen LogP contribution in [0.5, 0.6) is 5.75 Å². The lowest BCUT2D eigenvalue weighted by atomic mass is 10.2. The number of nitrogens with one attached hydrogen (secondary N) is 1. The molecule has 1 aliphatic rings. The highest BCUT2D eigenvalue weighted by atomic mass is 35.5. The number of rotatable bonds is 4. The Morgan fingerprint density at radius 3 is 2.96 bits per heavy atom. The third kappa shape index (κ3) is 3.50. The fourth-order valence-corrected chi connectivity index (χ4v) is 4.04. The first-order valence-electron chi connectivity index (χ1n) is 7.91. The Balaban J connectivity index is 1.73. The van der Waals surface area contributed by atoms with Crippen molar-refractivity contribution in [2.24, 2.45) is 0 Å². The number of fused-ring (bicyclic) bond motifs is 1. The van der Waals surface area contributed by atoms with Crippen LogP contribution in [0.1, 0.15) is 6.42 Å². The van der Waals surface area contributed by atoms with Crippen LogP contribution in [0.3, 0.4) is 0 Å². The van der Waals surface area contributed by atoms with Gasteiger partial charge in [0.25, 0.3) is 0 Å². The molecule has 0 amide bonds. The fraction of sp³-hybridized carbons (Fsp3) is 0.222. The molecule has 1 fully saturated rings. The Kier molecular flexibility index (Phi) is 4.63. The molecule has 3 aromatic rings. The van der Waals surface area contributed by atoms with Gasteiger partial charge in [-0.2, -0.15) is 11.8 Å². The highest BCUT2D eigenvalue weighted by Gasteiger charge is 2.19. The predicted octanol–water partition coefficient (Wildman–Crippen LogP) is 5.05. The highest BCUT2D eigenvalue weighted by molar-refractivity contribution is 7.99. The van der Waals surface area contributed by atoms with Gasteiger partial charge in [0.05, 0.1) is 15.9 Å². The van der Waals surface area contributed by atoms with Crippen molar-refractivity contribution in [2.45, 2.75) is 12.5 Å². The molecule has 1 unspecified atom stereocenters. The number of halogens is 2. The summed E-state index contributed by atoms with van der Waals surface area (Å²) < 4.78 is 19.6. The lowest BCUT2D eigenvalue weighted by Gasteiger charge is -2.16. The van der Waals surface area contributed by atoms with E-state index in [1.807, 2.05) is 30.0 Å². The van der Waals surface area contributed by atoms with Crippen LogP contribution >= 0.6 is 23.4 Å². The third-order valence-electron chi connectivity index (χ3n) is 3.99. The molecule has 7 heteroatoms. The van der Waals surface area contributed by atoms with Gasteiger partial charge in [-0.15, -0.1) is 0 Å². The van der Waals surface area contributed by atoms with E-state index in [2.05, 4.69) is 15.3 Å². The minimum Gasteiger partial charge on any atom is -0.489 e. The molecule has 0 radical (unpaired) electrons. The smallest absolute Gasteiger partial charge is 0.145 e. The van der Waals surface area contributed by atoms with Gasteiger partial charge in [0.1, 0.15) is 29.8 Å². The molecule has 128 valence electrons. The first-order valence-corrected chi connectivity index (χ1v) is 9.44. The standard InChI is InChI=1S/C18H15ClFN3OS/c19-13-8-11(4-5-14(13)20)23-18-17-15(21-10-22-18)2-1-3-16(17)24-12-6-7-25-9-12/h1-5,8,10,12H,6-7,9H2,(H,21,22,23). The second kappa shape index (κ2) is 7.06. The molecule has 1 aliphatic heterocycles. The second-order valence-electron chi connectivity index (χ2n) is 5.73. The van der Waals surface area contributed by atoms with E-state index in [1.165, 1.54) is 18.5 Å². The van der Waals surface area contributed by atoms with E-state index in [1.54, 1.807) is 6.07 Å². The van der Waals surface area contributed by atoms with Crippen molar-refractivity contribution < 1.29 is 9.13 Å². The molecule has 0 bridgehead atoms. The summed E-state index contributed by atoms with van der Waals surface area (Å²) in [5.74, 6) is 3.00. The van der Waals surface area contributed by atoms with E-state index in [4.69, 9.17) is 16.3 Å². The van der Waals surface area contributed by atoms with Crippen molar-refractivity contribution >= 4 is 45.8 Å². The van der Waals surface area contributed by atoms with Gasteiger partial charge < -0.3 is 10.1 Å². The van der Waals surface area contributed by atoms with Crippen LogP contribution in [0.2, 0.25) is 5.02 Å². The summed E-state index contributed by atoms with van der Waals surface area (Å²) >= 11 is 7.76. The summed E-state index contributed by atoms with van der Waals surface area (Å²) in [6, 6.07) is 10.2.